The van der Waals surface area contributed by atoms with Crippen LogP contribution in [0, 0.1) is 11.7 Å². The normalized spacial score (nSPS) is 22.5. The Morgan fingerprint density at radius 3 is 2.89 bits per heavy atom. The lowest BCUT2D eigenvalue weighted by Gasteiger charge is -2.24. The van der Waals surface area contributed by atoms with E-state index in [2.05, 4.69) is 5.32 Å². The van der Waals surface area contributed by atoms with E-state index in [1.54, 1.807) is 30.1 Å². The zero-order chi connectivity index (χ0) is 13.8. The van der Waals surface area contributed by atoms with Gasteiger partial charge >= 0.3 is 0 Å². The molecule has 0 saturated carbocycles. The van der Waals surface area contributed by atoms with E-state index < -0.39 is 0 Å². The second-order valence-electron chi connectivity index (χ2n) is 4.82. The average molecular weight is 266 g/mol. The van der Waals surface area contributed by atoms with E-state index >= 15 is 0 Å². The number of hydrogen-bond acceptors (Lipinski definition) is 3. The molecule has 1 fully saturated rings. The number of carbonyl (C=O) groups excluding carboxylic acids is 1. The predicted molar refractivity (Wildman–Crippen MR) is 70.0 cm³/mol. The summed E-state index contributed by atoms with van der Waals surface area (Å²) in [4.78, 5) is 13.9. The fourth-order valence-electron chi connectivity index (χ4n) is 2.33. The van der Waals surface area contributed by atoms with E-state index in [1.165, 1.54) is 6.07 Å². The molecule has 1 aliphatic rings. The molecule has 2 rings (SSSR count). The van der Waals surface area contributed by atoms with Crippen LogP contribution in [0.4, 0.5) is 4.39 Å². The molecule has 1 aromatic carbocycles. The van der Waals surface area contributed by atoms with Gasteiger partial charge in [-0.3, -0.25) is 4.79 Å². The topological polar surface area (TPSA) is 41.6 Å². The molecule has 2 unspecified atom stereocenters. The summed E-state index contributed by atoms with van der Waals surface area (Å²) in [7, 11) is 3.51. The Hall–Kier alpha value is -1.46. The van der Waals surface area contributed by atoms with Crippen LogP contribution in [0.3, 0.4) is 0 Å². The molecule has 0 aliphatic carbocycles. The molecule has 1 aromatic rings. The maximum atomic E-state index is 13.6. The zero-order valence-corrected chi connectivity index (χ0v) is 11.2. The second kappa shape index (κ2) is 6.12. The van der Waals surface area contributed by atoms with Crippen molar-refractivity contribution in [2.75, 3.05) is 27.3 Å². The van der Waals surface area contributed by atoms with E-state index in [9.17, 15) is 9.18 Å². The van der Waals surface area contributed by atoms with Crippen molar-refractivity contribution in [3.63, 3.8) is 0 Å². The van der Waals surface area contributed by atoms with Gasteiger partial charge in [0.15, 0.2) is 0 Å². The third-order valence-electron chi connectivity index (χ3n) is 3.51. The molecule has 19 heavy (non-hydrogen) atoms. The minimum atomic E-state index is -0.282. The number of amides is 1. The molecule has 1 aliphatic heterocycles. The van der Waals surface area contributed by atoms with Crippen LogP contribution < -0.4 is 5.32 Å². The van der Waals surface area contributed by atoms with Crippen molar-refractivity contribution in [3.8, 4) is 0 Å². The summed E-state index contributed by atoms with van der Waals surface area (Å²) < 4.78 is 18.9. The summed E-state index contributed by atoms with van der Waals surface area (Å²) in [6.07, 6.45) is 0. The van der Waals surface area contributed by atoms with Gasteiger partial charge in [-0.2, -0.15) is 0 Å². The Morgan fingerprint density at radius 1 is 1.47 bits per heavy atom. The highest BCUT2D eigenvalue weighted by Crippen LogP contribution is 2.18. The van der Waals surface area contributed by atoms with E-state index in [-0.39, 0.29) is 30.2 Å². The van der Waals surface area contributed by atoms with Gasteiger partial charge in [0.05, 0.1) is 19.1 Å². The zero-order valence-electron chi connectivity index (χ0n) is 11.2. The fourth-order valence-corrected chi connectivity index (χ4v) is 2.33. The highest BCUT2D eigenvalue weighted by Gasteiger charge is 2.34. The van der Waals surface area contributed by atoms with Gasteiger partial charge in [0.2, 0.25) is 5.91 Å². The van der Waals surface area contributed by atoms with E-state index in [0.717, 1.165) is 0 Å². The molecular weight excluding hydrogens is 247 g/mol. The lowest BCUT2D eigenvalue weighted by Crippen LogP contribution is -2.43. The van der Waals surface area contributed by atoms with Gasteiger partial charge in [0.25, 0.3) is 0 Å². The molecule has 1 amide bonds. The molecular formula is C14H19FN2O2. The fraction of sp³-hybridized carbons (Fsp3) is 0.500. The van der Waals surface area contributed by atoms with Gasteiger partial charge in [-0.1, -0.05) is 18.2 Å². The number of benzene rings is 1. The molecule has 1 heterocycles. The number of ether oxygens (including phenoxy) is 1. The summed E-state index contributed by atoms with van der Waals surface area (Å²) in [5.74, 6) is -0.489. The predicted octanol–water partition coefficient (Wildman–Crippen LogP) is 1.02. The Kier molecular flexibility index (Phi) is 4.50. The molecule has 0 spiro atoms. The molecule has 0 aromatic heterocycles. The van der Waals surface area contributed by atoms with Gasteiger partial charge in [-0.25, -0.2) is 4.39 Å². The van der Waals surface area contributed by atoms with Crippen molar-refractivity contribution in [3.05, 3.63) is 35.6 Å². The molecule has 2 atom stereocenters. The Balaban J connectivity index is 2.02. The smallest absolute Gasteiger partial charge is 0.229 e. The van der Waals surface area contributed by atoms with E-state index in [0.29, 0.717) is 18.8 Å². The van der Waals surface area contributed by atoms with Crippen LogP contribution in [-0.2, 0) is 16.1 Å². The molecule has 0 bridgehead atoms. The number of halogens is 1. The first-order chi connectivity index (χ1) is 9.13. The Bertz CT molecular complexity index is 453. The maximum absolute atomic E-state index is 13.6. The first kappa shape index (κ1) is 14.0. The number of likely N-dealkylation sites (N-methyl/N-ethyl adjacent to an activating group) is 1. The Morgan fingerprint density at radius 2 is 2.21 bits per heavy atom. The third kappa shape index (κ3) is 3.11. The van der Waals surface area contributed by atoms with Crippen LogP contribution in [-0.4, -0.2) is 44.2 Å². The van der Waals surface area contributed by atoms with Crippen molar-refractivity contribution in [2.24, 2.45) is 5.92 Å². The van der Waals surface area contributed by atoms with Crippen LogP contribution in [0.2, 0.25) is 0 Å². The highest BCUT2D eigenvalue weighted by molar-refractivity contribution is 5.79. The molecule has 4 nitrogen and oxygen atoms in total. The summed E-state index contributed by atoms with van der Waals surface area (Å²) >= 11 is 0. The monoisotopic (exact) mass is 266 g/mol. The lowest BCUT2D eigenvalue weighted by molar-refractivity contribution is -0.135. The minimum Gasteiger partial charge on any atom is -0.379 e. The SMILES string of the molecule is CNC1COCC1C(=O)N(C)Cc1ccccc1F. The van der Waals surface area contributed by atoms with Crippen molar-refractivity contribution < 1.29 is 13.9 Å². The Labute approximate surface area is 112 Å². The first-order valence-corrected chi connectivity index (χ1v) is 6.37. The van der Waals surface area contributed by atoms with Gasteiger partial charge < -0.3 is 15.0 Å². The molecule has 0 radical (unpaired) electrons. The third-order valence-corrected chi connectivity index (χ3v) is 3.51. The van der Waals surface area contributed by atoms with Crippen molar-refractivity contribution in [1.82, 2.24) is 10.2 Å². The maximum Gasteiger partial charge on any atom is 0.229 e. The summed E-state index contributed by atoms with van der Waals surface area (Å²) in [5.41, 5.74) is 0.526. The summed E-state index contributed by atoms with van der Waals surface area (Å²) in [6, 6.07) is 6.55. The first-order valence-electron chi connectivity index (χ1n) is 6.37. The average Bonchev–Trinajstić information content (AvgIpc) is 2.88. The van der Waals surface area contributed by atoms with Crippen LogP contribution in [0.15, 0.2) is 24.3 Å². The minimum absolute atomic E-state index is 0.0138. The number of nitrogens with zero attached hydrogens (tertiary/aromatic N) is 1. The number of rotatable bonds is 4. The number of carbonyl (C=O) groups is 1. The van der Waals surface area contributed by atoms with Crippen molar-refractivity contribution >= 4 is 5.91 Å². The van der Waals surface area contributed by atoms with E-state index in [1.807, 2.05) is 7.05 Å². The number of nitrogens with one attached hydrogen (secondary N) is 1. The van der Waals surface area contributed by atoms with Gasteiger partial charge in [0.1, 0.15) is 5.82 Å². The van der Waals surface area contributed by atoms with Gasteiger partial charge in [0, 0.05) is 25.2 Å². The van der Waals surface area contributed by atoms with Crippen LogP contribution in [0.1, 0.15) is 5.56 Å². The molecule has 1 N–H and O–H groups in total. The standard InChI is InChI=1S/C14H19FN2O2/c1-16-13-9-19-8-11(13)14(18)17(2)7-10-5-3-4-6-12(10)15/h3-6,11,13,16H,7-9H2,1-2H3. The summed E-state index contributed by atoms with van der Waals surface area (Å²) in [6.45, 7) is 1.24. The van der Waals surface area contributed by atoms with Crippen molar-refractivity contribution in [1.29, 1.82) is 0 Å². The van der Waals surface area contributed by atoms with Crippen LogP contribution >= 0.6 is 0 Å². The quantitative estimate of drug-likeness (QED) is 0.884. The molecule has 104 valence electrons. The van der Waals surface area contributed by atoms with Crippen LogP contribution in [0.25, 0.3) is 0 Å². The van der Waals surface area contributed by atoms with Crippen LogP contribution in [0.5, 0.6) is 0 Å². The highest BCUT2D eigenvalue weighted by atomic mass is 19.1. The summed E-state index contributed by atoms with van der Waals surface area (Å²) in [5, 5.41) is 3.08. The van der Waals surface area contributed by atoms with E-state index in [4.69, 9.17) is 4.74 Å². The second-order valence-corrected chi connectivity index (χ2v) is 4.82. The largest absolute Gasteiger partial charge is 0.379 e. The van der Waals surface area contributed by atoms with Gasteiger partial charge in [-0.15, -0.1) is 0 Å². The molecule has 1 saturated heterocycles. The number of hydrogen-bond donors (Lipinski definition) is 1. The lowest BCUT2D eigenvalue weighted by atomic mass is 10.0. The van der Waals surface area contributed by atoms with Crippen molar-refractivity contribution in [2.45, 2.75) is 12.6 Å². The van der Waals surface area contributed by atoms with Gasteiger partial charge in [-0.05, 0) is 13.1 Å². The molecule has 5 heteroatoms.